The van der Waals surface area contributed by atoms with Crippen molar-refractivity contribution in [3.05, 3.63) is 58.7 Å². The van der Waals surface area contributed by atoms with Gasteiger partial charge in [0.15, 0.2) is 0 Å². The van der Waals surface area contributed by atoms with Crippen molar-refractivity contribution in [1.29, 1.82) is 0 Å². The molecule has 0 N–H and O–H groups in total. The van der Waals surface area contributed by atoms with Gasteiger partial charge in [0.25, 0.3) is 6.47 Å². The molecule has 59 heavy (non-hydrogen) atoms. The Kier molecular flexibility index (Phi) is 19.4. The second-order valence-electron chi connectivity index (χ2n) is 18.9. The van der Waals surface area contributed by atoms with Gasteiger partial charge in [-0.25, -0.2) is 9.59 Å². The zero-order chi connectivity index (χ0) is 44.6. The van der Waals surface area contributed by atoms with Gasteiger partial charge >= 0.3 is 18.3 Å². The molecule has 2 fully saturated rings. The van der Waals surface area contributed by atoms with E-state index >= 15 is 0 Å². The van der Waals surface area contributed by atoms with Crippen molar-refractivity contribution >= 4 is 24.8 Å². The third-order valence-corrected chi connectivity index (χ3v) is 8.88. The van der Waals surface area contributed by atoms with Gasteiger partial charge in [-0.1, -0.05) is 45.0 Å². The highest BCUT2D eigenvalue weighted by Gasteiger charge is 2.28. The maximum atomic E-state index is 12.2. The zero-order valence-electron chi connectivity index (χ0n) is 37.9. The highest BCUT2D eigenvalue weighted by Crippen LogP contribution is 2.27. The largest absolute Gasteiger partial charge is 0.493 e. The number of benzene rings is 2. The van der Waals surface area contributed by atoms with Crippen molar-refractivity contribution in [3.63, 3.8) is 0 Å². The van der Waals surface area contributed by atoms with Crippen LogP contribution in [0.1, 0.15) is 98.4 Å². The molecule has 2 aliphatic rings. The first-order valence-corrected chi connectivity index (χ1v) is 20.3. The van der Waals surface area contributed by atoms with Gasteiger partial charge in [-0.15, -0.1) is 0 Å². The number of carbonyl (C=O) groups is 3. The number of rotatable bonds is 11. The summed E-state index contributed by atoms with van der Waals surface area (Å²) in [5.74, 6) is 1.77. The van der Waals surface area contributed by atoms with Gasteiger partial charge in [0, 0.05) is 76.6 Å². The number of aryl methyl sites for hydroxylation is 2. The van der Waals surface area contributed by atoms with Crippen molar-refractivity contribution < 1.29 is 47.7 Å². The van der Waals surface area contributed by atoms with Gasteiger partial charge in [0.1, 0.15) is 34.9 Å². The molecule has 4 rings (SSSR count). The van der Waals surface area contributed by atoms with E-state index in [2.05, 4.69) is 67.8 Å². The summed E-state index contributed by atoms with van der Waals surface area (Å²) in [6.07, 6.45) is -0.222. The Hall–Kier alpha value is -4.65. The van der Waals surface area contributed by atoms with Crippen LogP contribution in [0.4, 0.5) is 9.59 Å². The Morgan fingerprint density at radius 1 is 0.610 bits per heavy atom. The normalized spacial score (nSPS) is 15.3. The molecule has 2 saturated heterocycles. The molecule has 0 unspecified atom stereocenters. The molecule has 0 spiro atoms. The van der Waals surface area contributed by atoms with Gasteiger partial charge in [-0.3, -0.25) is 14.6 Å². The second-order valence-corrected chi connectivity index (χ2v) is 18.9. The predicted molar refractivity (Wildman–Crippen MR) is 225 cm³/mol. The maximum absolute atomic E-state index is 12.2. The fourth-order valence-corrected chi connectivity index (χ4v) is 5.88. The van der Waals surface area contributed by atoms with Crippen molar-refractivity contribution in [1.82, 2.24) is 19.6 Å². The van der Waals surface area contributed by atoms with Crippen LogP contribution in [0.15, 0.2) is 36.4 Å². The molecule has 2 aromatic carbocycles. The lowest BCUT2D eigenvalue weighted by molar-refractivity contribution is -0.191. The molecule has 330 valence electrons. The molecule has 0 aromatic heterocycles. The van der Waals surface area contributed by atoms with Crippen LogP contribution in [0.5, 0.6) is 11.5 Å². The molecule has 14 nitrogen and oxygen atoms in total. The van der Waals surface area contributed by atoms with Gasteiger partial charge in [0.2, 0.25) is 0 Å². The Morgan fingerprint density at radius 3 is 1.29 bits per heavy atom. The minimum Gasteiger partial charge on any atom is -0.493 e. The number of carbonyl (C=O) groups excluding carboxylic acids is 5. The summed E-state index contributed by atoms with van der Waals surface area (Å²) in [4.78, 5) is 59.6. The molecule has 2 aromatic rings. The fourth-order valence-electron chi connectivity index (χ4n) is 5.88. The van der Waals surface area contributed by atoms with Gasteiger partial charge in [-0.2, -0.15) is 9.59 Å². The van der Waals surface area contributed by atoms with Crippen LogP contribution in [-0.4, -0.2) is 127 Å². The molecule has 2 aliphatic heterocycles. The molecule has 2 heterocycles. The van der Waals surface area contributed by atoms with Crippen LogP contribution < -0.4 is 9.47 Å². The minimum absolute atomic E-state index is 0.125. The first kappa shape index (κ1) is 50.5. The maximum Gasteiger partial charge on any atom is 0.410 e. The summed E-state index contributed by atoms with van der Waals surface area (Å²) in [7, 11) is 0. The lowest BCUT2D eigenvalue weighted by Gasteiger charge is -2.35. The number of hydrogen-bond acceptors (Lipinski definition) is 12. The van der Waals surface area contributed by atoms with Gasteiger partial charge < -0.3 is 33.5 Å². The number of amides is 2. The van der Waals surface area contributed by atoms with Crippen molar-refractivity contribution in [3.8, 4) is 11.5 Å². The van der Waals surface area contributed by atoms with E-state index in [9.17, 15) is 14.4 Å². The highest BCUT2D eigenvalue weighted by atomic mass is 16.6. The summed E-state index contributed by atoms with van der Waals surface area (Å²) in [5.41, 5.74) is 3.09. The molecule has 0 saturated carbocycles. The van der Waals surface area contributed by atoms with E-state index in [0.717, 1.165) is 61.9 Å². The van der Waals surface area contributed by atoms with E-state index in [4.69, 9.17) is 33.3 Å². The number of ether oxygens (including phenoxy) is 5. The lowest BCUT2D eigenvalue weighted by Crippen LogP contribution is -2.49. The van der Waals surface area contributed by atoms with E-state index in [1.165, 1.54) is 11.1 Å². The van der Waals surface area contributed by atoms with E-state index in [-0.39, 0.29) is 30.4 Å². The first-order valence-electron chi connectivity index (χ1n) is 20.3. The first-order chi connectivity index (χ1) is 27.3. The van der Waals surface area contributed by atoms with Crippen LogP contribution in [0.3, 0.4) is 0 Å². The fraction of sp³-hybridized carbons (Fsp3) is 0.644. The topological polar surface area (TPSA) is 144 Å². The van der Waals surface area contributed by atoms with E-state index in [1.54, 1.807) is 9.80 Å². The standard InChI is InChI=1S/C22H34N2O5.C22H36N2O3.CO2/c1-17-7-8-18(19(13-17)27-15-22(5,6)28-16-25)14-23-9-11-24(12-10-23)20(26)29-21(2,3)4;1-17-8-9-18(19(14-17)26-16-21(2,3)4)15-23-10-12-24(13-11-23)20(25)27-22(5,6)7;2-1-3/h7-8,13,16H,9-12,14-15H2,1-6H3;8-9,14H,10-13,15-16H2,1-7H3;. The molecule has 0 aliphatic carbocycles. The van der Waals surface area contributed by atoms with Crippen LogP contribution >= 0.6 is 0 Å². The molecular formula is C45H70N4O10. The van der Waals surface area contributed by atoms with Gasteiger partial charge in [-0.05, 0) is 97.9 Å². The Morgan fingerprint density at radius 2 is 0.966 bits per heavy atom. The summed E-state index contributed by atoms with van der Waals surface area (Å²) in [6, 6.07) is 12.6. The molecular weight excluding hydrogens is 757 g/mol. The summed E-state index contributed by atoms with van der Waals surface area (Å²) in [5, 5.41) is 0. The van der Waals surface area contributed by atoms with Crippen LogP contribution in [-0.2, 0) is 41.7 Å². The summed E-state index contributed by atoms with van der Waals surface area (Å²) in [6.45, 7) is 34.5. The number of piperazine rings is 2. The Labute approximate surface area is 352 Å². The monoisotopic (exact) mass is 827 g/mol. The molecule has 0 atom stereocenters. The van der Waals surface area contributed by atoms with Crippen LogP contribution in [0.25, 0.3) is 0 Å². The number of hydrogen-bond donors (Lipinski definition) is 0. The van der Waals surface area contributed by atoms with E-state index in [0.29, 0.717) is 39.3 Å². The zero-order valence-corrected chi connectivity index (χ0v) is 37.9. The molecule has 14 heteroatoms. The smallest absolute Gasteiger partial charge is 0.410 e. The van der Waals surface area contributed by atoms with Crippen molar-refractivity contribution in [2.45, 2.75) is 120 Å². The minimum atomic E-state index is -0.693. The SMILES string of the molecule is Cc1ccc(CN2CCN(C(=O)OC(C)(C)C)CC2)c(OCC(C)(C)C)c1.Cc1ccc(CN2CCN(C(=O)OC(C)(C)C)CC2)c(OCC(C)(C)OC=O)c1.O=C=O. The Balaban J connectivity index is 0.000000382. The van der Waals surface area contributed by atoms with Crippen molar-refractivity contribution in [2.75, 3.05) is 65.6 Å². The third kappa shape index (κ3) is 20.2. The lowest BCUT2D eigenvalue weighted by atomic mass is 9.98. The second kappa shape index (κ2) is 22.6. The summed E-state index contributed by atoms with van der Waals surface area (Å²) < 4.78 is 28.1. The van der Waals surface area contributed by atoms with Crippen LogP contribution in [0, 0.1) is 19.3 Å². The quantitative estimate of drug-likeness (QED) is 0.166. The number of nitrogens with zero attached hydrogens (tertiary/aromatic N) is 4. The molecule has 0 bridgehead atoms. The highest BCUT2D eigenvalue weighted by molar-refractivity contribution is 5.68. The molecule has 0 radical (unpaired) electrons. The predicted octanol–water partition coefficient (Wildman–Crippen LogP) is 7.27. The van der Waals surface area contributed by atoms with E-state index < -0.39 is 16.8 Å². The van der Waals surface area contributed by atoms with E-state index in [1.807, 2.05) is 68.4 Å². The van der Waals surface area contributed by atoms with Crippen LogP contribution in [0.2, 0.25) is 0 Å². The molecule has 2 amide bonds. The average Bonchev–Trinajstić information content (AvgIpc) is 3.11. The van der Waals surface area contributed by atoms with Gasteiger partial charge in [0.05, 0.1) is 6.61 Å². The van der Waals surface area contributed by atoms with Crippen molar-refractivity contribution in [2.24, 2.45) is 5.41 Å². The average molecular weight is 827 g/mol. The third-order valence-electron chi connectivity index (χ3n) is 8.88. The Bertz CT molecular complexity index is 1670. The summed E-state index contributed by atoms with van der Waals surface area (Å²) >= 11 is 0.